The van der Waals surface area contributed by atoms with E-state index in [0.717, 1.165) is 31.9 Å². The van der Waals surface area contributed by atoms with Crippen LogP contribution in [0.2, 0.25) is 10.0 Å². The van der Waals surface area contributed by atoms with Crippen molar-refractivity contribution in [1.29, 1.82) is 0 Å². The Morgan fingerprint density at radius 2 is 1.89 bits per heavy atom. The maximum atomic E-state index is 6.23. The molecule has 0 bridgehead atoms. The molecule has 0 saturated carbocycles. The molecule has 0 aliphatic carbocycles. The molecular weight excluding hydrogens is 285 g/mol. The Morgan fingerprint density at radius 3 is 2.61 bits per heavy atom. The van der Waals surface area contributed by atoms with Crippen LogP contribution in [0.1, 0.15) is 5.56 Å². The Hall–Kier alpha value is -0.670. The highest BCUT2D eigenvalue weighted by molar-refractivity contribution is 7.99. The fourth-order valence-electron chi connectivity index (χ4n) is 1.64. The third-order valence-corrected chi connectivity index (χ3v) is 4.13. The molecule has 0 aromatic heterocycles. The van der Waals surface area contributed by atoms with E-state index in [1.165, 1.54) is 0 Å². The van der Waals surface area contributed by atoms with E-state index in [9.17, 15) is 0 Å². The van der Waals surface area contributed by atoms with E-state index in [2.05, 4.69) is 11.4 Å². The van der Waals surface area contributed by atoms with Crippen molar-refractivity contribution in [3.63, 3.8) is 0 Å². The summed E-state index contributed by atoms with van der Waals surface area (Å²) in [7, 11) is 1.91. The summed E-state index contributed by atoms with van der Waals surface area (Å²) in [5.74, 6) is 0. The first-order valence-corrected chi connectivity index (χ1v) is 7.13. The third kappa shape index (κ3) is 3.42. The van der Waals surface area contributed by atoms with Gasteiger partial charge in [-0.25, -0.2) is 0 Å². The summed E-state index contributed by atoms with van der Waals surface area (Å²) in [6, 6.07) is 13.8. The molecule has 94 valence electrons. The van der Waals surface area contributed by atoms with Crippen LogP contribution in [0.5, 0.6) is 0 Å². The fourth-order valence-corrected chi connectivity index (χ4v) is 3.23. The second-order valence-electron chi connectivity index (χ2n) is 3.81. The first-order valence-electron chi connectivity index (χ1n) is 5.56. The lowest BCUT2D eigenvalue weighted by Gasteiger charge is -2.10. The lowest BCUT2D eigenvalue weighted by atomic mass is 10.2. The van der Waals surface area contributed by atoms with Gasteiger partial charge in [-0.15, -0.1) is 0 Å². The minimum absolute atomic E-state index is 0.747. The monoisotopic (exact) mass is 297 g/mol. The summed E-state index contributed by atoms with van der Waals surface area (Å²) in [6.45, 7) is 0.753. The molecular formula is C14H13Cl2NS. The highest BCUT2D eigenvalue weighted by Crippen LogP contribution is 2.34. The molecule has 2 aromatic rings. The van der Waals surface area contributed by atoms with Crippen LogP contribution in [-0.2, 0) is 6.54 Å². The van der Waals surface area contributed by atoms with Crippen LogP contribution in [0.15, 0.2) is 52.3 Å². The molecule has 0 amide bonds. The highest BCUT2D eigenvalue weighted by Gasteiger charge is 2.07. The number of benzene rings is 2. The number of halogens is 2. The molecule has 0 atom stereocenters. The molecule has 4 heteroatoms. The molecule has 2 rings (SSSR count). The maximum absolute atomic E-state index is 6.23. The molecule has 0 unspecified atom stereocenters. The van der Waals surface area contributed by atoms with Gasteiger partial charge in [-0.3, -0.25) is 0 Å². The van der Waals surface area contributed by atoms with E-state index in [4.69, 9.17) is 23.2 Å². The number of hydrogen-bond acceptors (Lipinski definition) is 2. The smallest absolute Gasteiger partial charge is 0.0462 e. The lowest BCUT2D eigenvalue weighted by molar-refractivity contribution is 0.803. The predicted molar refractivity (Wildman–Crippen MR) is 79.8 cm³/mol. The molecule has 0 radical (unpaired) electrons. The van der Waals surface area contributed by atoms with Crippen LogP contribution in [0.4, 0.5) is 0 Å². The number of nitrogens with one attached hydrogen (secondary N) is 1. The predicted octanol–water partition coefficient (Wildman–Crippen LogP) is 4.86. The van der Waals surface area contributed by atoms with E-state index >= 15 is 0 Å². The van der Waals surface area contributed by atoms with Crippen molar-refractivity contribution in [1.82, 2.24) is 5.32 Å². The first-order chi connectivity index (χ1) is 8.70. The van der Waals surface area contributed by atoms with E-state index in [-0.39, 0.29) is 0 Å². The van der Waals surface area contributed by atoms with Crippen LogP contribution >= 0.6 is 35.0 Å². The van der Waals surface area contributed by atoms with E-state index in [1.807, 2.05) is 43.4 Å². The molecule has 1 N–H and O–H groups in total. The van der Waals surface area contributed by atoms with E-state index in [1.54, 1.807) is 11.8 Å². The van der Waals surface area contributed by atoms with Crippen LogP contribution < -0.4 is 5.32 Å². The summed E-state index contributed by atoms with van der Waals surface area (Å²) in [6.07, 6.45) is 0. The third-order valence-electron chi connectivity index (χ3n) is 2.45. The summed E-state index contributed by atoms with van der Waals surface area (Å²) >= 11 is 13.9. The van der Waals surface area contributed by atoms with Gasteiger partial charge in [0, 0.05) is 26.4 Å². The van der Waals surface area contributed by atoms with Gasteiger partial charge in [-0.05, 0) is 42.9 Å². The SMILES string of the molecule is CNCc1c(Cl)cccc1Sc1cccc(Cl)c1. The van der Waals surface area contributed by atoms with Gasteiger partial charge in [-0.1, -0.05) is 47.1 Å². The van der Waals surface area contributed by atoms with Gasteiger partial charge in [0.2, 0.25) is 0 Å². The second-order valence-corrected chi connectivity index (χ2v) is 5.77. The van der Waals surface area contributed by atoms with Crippen molar-refractivity contribution in [2.75, 3.05) is 7.05 Å². The van der Waals surface area contributed by atoms with Crippen LogP contribution in [0.3, 0.4) is 0 Å². The molecule has 1 nitrogen and oxygen atoms in total. The van der Waals surface area contributed by atoms with Crippen molar-refractivity contribution in [3.05, 3.63) is 58.1 Å². The van der Waals surface area contributed by atoms with Crippen molar-refractivity contribution in [2.45, 2.75) is 16.3 Å². The zero-order valence-electron chi connectivity index (χ0n) is 9.91. The number of rotatable bonds is 4. The van der Waals surface area contributed by atoms with Gasteiger partial charge in [0.1, 0.15) is 0 Å². The topological polar surface area (TPSA) is 12.0 Å². The summed E-state index contributed by atoms with van der Waals surface area (Å²) in [5, 5.41) is 4.67. The summed E-state index contributed by atoms with van der Waals surface area (Å²) in [4.78, 5) is 2.27. The molecule has 0 spiro atoms. The Bertz CT molecular complexity index is 543. The molecule has 18 heavy (non-hydrogen) atoms. The van der Waals surface area contributed by atoms with Gasteiger partial charge in [0.05, 0.1) is 0 Å². The van der Waals surface area contributed by atoms with Crippen LogP contribution in [0.25, 0.3) is 0 Å². The van der Waals surface area contributed by atoms with Gasteiger partial charge in [0.15, 0.2) is 0 Å². The average Bonchev–Trinajstić information content (AvgIpc) is 2.34. The van der Waals surface area contributed by atoms with E-state index < -0.39 is 0 Å². The fraction of sp³-hybridized carbons (Fsp3) is 0.143. The quantitative estimate of drug-likeness (QED) is 0.864. The standard InChI is InChI=1S/C14H13Cl2NS/c1-17-9-12-13(16)6-3-7-14(12)18-11-5-2-4-10(15)8-11/h2-8,17H,9H2,1H3. The maximum Gasteiger partial charge on any atom is 0.0462 e. The molecule has 0 aliphatic heterocycles. The zero-order valence-corrected chi connectivity index (χ0v) is 12.2. The van der Waals surface area contributed by atoms with E-state index in [0.29, 0.717) is 0 Å². The van der Waals surface area contributed by atoms with Crippen LogP contribution in [0, 0.1) is 0 Å². The zero-order chi connectivity index (χ0) is 13.0. The van der Waals surface area contributed by atoms with Gasteiger partial charge < -0.3 is 5.32 Å². The van der Waals surface area contributed by atoms with Gasteiger partial charge >= 0.3 is 0 Å². The van der Waals surface area contributed by atoms with Crippen molar-refractivity contribution in [2.24, 2.45) is 0 Å². The first kappa shape index (κ1) is 13.8. The highest BCUT2D eigenvalue weighted by atomic mass is 35.5. The molecule has 2 aromatic carbocycles. The summed E-state index contributed by atoms with van der Waals surface area (Å²) in [5.41, 5.74) is 1.12. The Morgan fingerprint density at radius 1 is 1.11 bits per heavy atom. The summed E-state index contributed by atoms with van der Waals surface area (Å²) < 4.78 is 0. The minimum atomic E-state index is 0.747. The Balaban J connectivity index is 2.31. The average molecular weight is 298 g/mol. The Kier molecular flexibility index (Phi) is 4.95. The van der Waals surface area contributed by atoms with Crippen molar-refractivity contribution in [3.8, 4) is 0 Å². The Labute approximate surface area is 121 Å². The van der Waals surface area contributed by atoms with Gasteiger partial charge in [0.25, 0.3) is 0 Å². The number of hydrogen-bond donors (Lipinski definition) is 1. The minimum Gasteiger partial charge on any atom is -0.316 e. The normalized spacial score (nSPS) is 10.6. The van der Waals surface area contributed by atoms with Gasteiger partial charge in [-0.2, -0.15) is 0 Å². The lowest BCUT2D eigenvalue weighted by Crippen LogP contribution is -2.06. The largest absolute Gasteiger partial charge is 0.316 e. The van der Waals surface area contributed by atoms with Crippen molar-refractivity contribution >= 4 is 35.0 Å². The molecule has 0 heterocycles. The van der Waals surface area contributed by atoms with Crippen molar-refractivity contribution < 1.29 is 0 Å². The molecule has 0 saturated heterocycles. The van der Waals surface area contributed by atoms with Crippen LogP contribution in [-0.4, -0.2) is 7.05 Å². The second kappa shape index (κ2) is 6.48. The molecule has 0 aliphatic rings. The molecule has 0 fully saturated rings.